The van der Waals surface area contributed by atoms with Crippen molar-refractivity contribution in [2.24, 2.45) is 0 Å². The number of para-hydroxylation sites is 1. The first-order valence-corrected chi connectivity index (χ1v) is 12.1. The summed E-state index contributed by atoms with van der Waals surface area (Å²) in [6.45, 7) is 4.95. The Bertz CT molecular complexity index is 1390. The van der Waals surface area contributed by atoms with E-state index in [9.17, 15) is 4.79 Å². The summed E-state index contributed by atoms with van der Waals surface area (Å²) in [5, 5.41) is 6.35. The summed E-state index contributed by atoms with van der Waals surface area (Å²) in [6, 6.07) is 16.8. The number of amides is 1. The molecule has 0 aliphatic carbocycles. The first kappa shape index (κ1) is 24.6. The van der Waals surface area contributed by atoms with E-state index in [4.69, 9.17) is 23.6 Å². The van der Waals surface area contributed by atoms with E-state index in [1.165, 1.54) is 26.9 Å². The van der Waals surface area contributed by atoms with E-state index in [1.807, 2.05) is 30.3 Å². The van der Waals surface area contributed by atoms with Gasteiger partial charge in [-0.15, -0.1) is 0 Å². The Labute approximate surface area is 215 Å². The number of ether oxygens (including phenoxy) is 3. The van der Waals surface area contributed by atoms with Gasteiger partial charge >= 0.3 is 0 Å². The summed E-state index contributed by atoms with van der Waals surface area (Å²) < 4.78 is 22.2. The lowest BCUT2D eigenvalue weighted by Gasteiger charge is -2.27. The van der Waals surface area contributed by atoms with Crippen LogP contribution in [-0.2, 0) is 6.54 Å². The van der Waals surface area contributed by atoms with Gasteiger partial charge in [0, 0.05) is 38.3 Å². The van der Waals surface area contributed by atoms with Crippen molar-refractivity contribution in [3.63, 3.8) is 0 Å². The maximum Gasteiger partial charge on any atom is 0.255 e. The minimum Gasteiger partial charge on any atom is -0.493 e. The molecule has 5 rings (SSSR count). The van der Waals surface area contributed by atoms with Crippen LogP contribution in [-0.4, -0.2) is 63.3 Å². The number of hydrogen-bond acceptors (Lipinski definition) is 8. The van der Waals surface area contributed by atoms with Crippen molar-refractivity contribution in [1.29, 1.82) is 0 Å². The monoisotopic (exact) mass is 502 g/mol. The van der Waals surface area contributed by atoms with E-state index < -0.39 is 0 Å². The second-order valence-electron chi connectivity index (χ2n) is 8.76. The molecular formula is C28H30N4O5. The van der Waals surface area contributed by atoms with E-state index in [0.29, 0.717) is 45.5 Å². The molecule has 3 aromatic carbocycles. The third kappa shape index (κ3) is 5.23. The van der Waals surface area contributed by atoms with Crippen LogP contribution < -0.4 is 24.8 Å². The van der Waals surface area contributed by atoms with Crippen molar-refractivity contribution < 1.29 is 23.4 Å². The number of nitrogens with zero attached hydrogens (tertiary/aromatic N) is 2. The molecule has 0 unspecified atom stereocenters. The fourth-order valence-electron chi connectivity index (χ4n) is 4.50. The zero-order chi connectivity index (χ0) is 25.8. The number of rotatable bonds is 8. The number of anilines is 1. The molecule has 1 aliphatic heterocycles. The van der Waals surface area contributed by atoms with Gasteiger partial charge < -0.3 is 29.3 Å². The van der Waals surface area contributed by atoms with Crippen molar-refractivity contribution in [2.75, 3.05) is 52.8 Å². The Morgan fingerprint density at radius 2 is 1.73 bits per heavy atom. The van der Waals surface area contributed by atoms with E-state index in [2.05, 4.69) is 27.7 Å². The number of aromatic nitrogens is 1. The number of hydrogen-bond donors (Lipinski definition) is 2. The van der Waals surface area contributed by atoms with Crippen LogP contribution in [0.2, 0.25) is 0 Å². The highest BCUT2D eigenvalue weighted by molar-refractivity contribution is 6.06. The van der Waals surface area contributed by atoms with Crippen molar-refractivity contribution in [3.05, 3.63) is 65.7 Å². The van der Waals surface area contributed by atoms with E-state index in [1.54, 1.807) is 12.1 Å². The smallest absolute Gasteiger partial charge is 0.255 e. The Kier molecular flexibility index (Phi) is 7.25. The van der Waals surface area contributed by atoms with Crippen LogP contribution in [0.3, 0.4) is 0 Å². The molecule has 37 heavy (non-hydrogen) atoms. The minimum atomic E-state index is -0.332. The number of carbonyl (C=O) groups is 1. The maximum atomic E-state index is 13.2. The largest absolute Gasteiger partial charge is 0.493 e. The molecule has 9 heteroatoms. The molecule has 1 aromatic heterocycles. The van der Waals surface area contributed by atoms with Crippen LogP contribution in [0.25, 0.3) is 22.6 Å². The number of benzene rings is 3. The molecule has 1 saturated heterocycles. The third-order valence-electron chi connectivity index (χ3n) is 6.40. The predicted molar refractivity (Wildman–Crippen MR) is 142 cm³/mol. The Hall–Kier alpha value is -4.08. The van der Waals surface area contributed by atoms with Gasteiger partial charge in [0.25, 0.3) is 5.91 Å². The molecule has 0 saturated carbocycles. The molecule has 1 fully saturated rings. The molecule has 0 radical (unpaired) electrons. The summed E-state index contributed by atoms with van der Waals surface area (Å²) in [7, 11) is 4.54. The van der Waals surface area contributed by atoms with E-state index >= 15 is 0 Å². The van der Waals surface area contributed by atoms with Gasteiger partial charge in [-0.1, -0.05) is 18.2 Å². The highest BCUT2D eigenvalue weighted by atomic mass is 16.5. The first-order chi connectivity index (χ1) is 18.1. The fourth-order valence-corrected chi connectivity index (χ4v) is 4.50. The molecule has 9 nitrogen and oxygen atoms in total. The number of carbonyl (C=O) groups excluding carboxylic acids is 1. The molecule has 0 bridgehead atoms. The zero-order valence-electron chi connectivity index (χ0n) is 21.2. The number of piperazine rings is 1. The van der Waals surface area contributed by atoms with Crippen LogP contribution in [0.15, 0.2) is 59.0 Å². The van der Waals surface area contributed by atoms with Crippen LogP contribution in [0.1, 0.15) is 15.9 Å². The Morgan fingerprint density at radius 1 is 1.00 bits per heavy atom. The van der Waals surface area contributed by atoms with Gasteiger partial charge in [-0.05, 0) is 42.0 Å². The molecule has 0 spiro atoms. The Morgan fingerprint density at radius 3 is 2.43 bits per heavy atom. The Balaban J connectivity index is 1.41. The van der Waals surface area contributed by atoms with E-state index in [-0.39, 0.29) is 5.91 Å². The number of oxazole rings is 1. The molecule has 4 aromatic rings. The average Bonchev–Trinajstić information content (AvgIpc) is 3.36. The van der Waals surface area contributed by atoms with Crippen molar-refractivity contribution in [1.82, 2.24) is 15.2 Å². The van der Waals surface area contributed by atoms with Gasteiger partial charge in [0.15, 0.2) is 17.1 Å². The SMILES string of the molecule is COc1cc(C(=O)Nc2ccccc2-c2nc3cc(CN4CCNCC4)ccc3o2)cc(OC)c1OC. The second kappa shape index (κ2) is 10.9. The lowest BCUT2D eigenvalue weighted by Crippen LogP contribution is -2.42. The fraction of sp³-hybridized carbons (Fsp3) is 0.286. The topological polar surface area (TPSA) is 98.1 Å². The van der Waals surface area contributed by atoms with Crippen molar-refractivity contribution in [2.45, 2.75) is 6.54 Å². The van der Waals surface area contributed by atoms with Crippen LogP contribution in [0.4, 0.5) is 5.69 Å². The van der Waals surface area contributed by atoms with Crippen LogP contribution in [0, 0.1) is 0 Å². The van der Waals surface area contributed by atoms with Gasteiger partial charge in [0.2, 0.25) is 11.6 Å². The zero-order valence-corrected chi connectivity index (χ0v) is 21.2. The molecule has 192 valence electrons. The maximum absolute atomic E-state index is 13.2. The van der Waals surface area contributed by atoms with Crippen LogP contribution >= 0.6 is 0 Å². The third-order valence-corrected chi connectivity index (χ3v) is 6.40. The number of nitrogens with one attached hydrogen (secondary N) is 2. The van der Waals surface area contributed by atoms with Crippen LogP contribution in [0.5, 0.6) is 17.2 Å². The molecule has 2 N–H and O–H groups in total. The highest BCUT2D eigenvalue weighted by Gasteiger charge is 2.20. The van der Waals surface area contributed by atoms with Gasteiger partial charge in [-0.2, -0.15) is 0 Å². The summed E-state index contributed by atoms with van der Waals surface area (Å²) in [5.41, 5.74) is 4.30. The summed E-state index contributed by atoms with van der Waals surface area (Å²) in [4.78, 5) is 20.4. The minimum absolute atomic E-state index is 0.332. The van der Waals surface area contributed by atoms with E-state index in [0.717, 1.165) is 38.2 Å². The summed E-state index contributed by atoms with van der Waals surface area (Å²) in [6.07, 6.45) is 0. The standard InChI is InChI=1S/C28H30N4O5/c1-34-24-15-19(16-25(35-2)26(24)36-3)27(33)30-21-7-5-4-6-20(21)28-31-22-14-18(8-9-23(22)37-28)17-32-12-10-29-11-13-32/h4-9,14-16,29H,10-13,17H2,1-3H3,(H,30,33). The first-order valence-electron chi connectivity index (χ1n) is 12.1. The molecule has 2 heterocycles. The quantitative estimate of drug-likeness (QED) is 0.370. The lowest BCUT2D eigenvalue weighted by atomic mass is 10.1. The van der Waals surface area contributed by atoms with Gasteiger partial charge in [-0.25, -0.2) is 4.98 Å². The normalized spacial score (nSPS) is 13.9. The summed E-state index contributed by atoms with van der Waals surface area (Å²) in [5.74, 6) is 1.33. The molecule has 1 amide bonds. The van der Waals surface area contributed by atoms with Gasteiger partial charge in [0.05, 0.1) is 32.6 Å². The second-order valence-corrected chi connectivity index (χ2v) is 8.76. The summed E-state index contributed by atoms with van der Waals surface area (Å²) >= 11 is 0. The predicted octanol–water partition coefficient (Wildman–Crippen LogP) is 4.18. The molecule has 0 atom stereocenters. The van der Waals surface area contributed by atoms with Crippen molar-refractivity contribution >= 4 is 22.7 Å². The van der Waals surface area contributed by atoms with Gasteiger partial charge in [-0.3, -0.25) is 9.69 Å². The average molecular weight is 503 g/mol. The highest BCUT2D eigenvalue weighted by Crippen LogP contribution is 2.38. The number of methoxy groups -OCH3 is 3. The van der Waals surface area contributed by atoms with Crippen molar-refractivity contribution in [3.8, 4) is 28.7 Å². The molecule has 1 aliphatic rings. The lowest BCUT2D eigenvalue weighted by molar-refractivity contribution is 0.102. The number of fused-ring (bicyclic) bond motifs is 1. The molecular weight excluding hydrogens is 472 g/mol. The van der Waals surface area contributed by atoms with Gasteiger partial charge in [0.1, 0.15) is 5.52 Å².